The summed E-state index contributed by atoms with van der Waals surface area (Å²) in [5, 5.41) is 0. The number of carbonyl (C=O) groups excluding carboxylic acids is 1. The van der Waals surface area contributed by atoms with Crippen LogP contribution in [0.15, 0.2) is 18.3 Å². The normalized spacial score (nSPS) is 16.9. The van der Waals surface area contributed by atoms with Crippen molar-refractivity contribution in [1.29, 1.82) is 0 Å². The first kappa shape index (κ1) is 7.24. The van der Waals surface area contributed by atoms with Crippen LogP contribution < -0.4 is 4.90 Å². The highest BCUT2D eigenvalue weighted by molar-refractivity contribution is 5.78. The van der Waals surface area contributed by atoms with E-state index in [1.54, 1.807) is 13.2 Å². The van der Waals surface area contributed by atoms with Crippen LogP contribution in [0.2, 0.25) is 0 Å². The van der Waals surface area contributed by atoms with Crippen LogP contribution in [0, 0.1) is 0 Å². The van der Waals surface area contributed by atoms with Crippen LogP contribution in [0.25, 0.3) is 0 Å². The Morgan fingerprint density at radius 3 is 3.33 bits per heavy atom. The van der Waals surface area contributed by atoms with Gasteiger partial charge in [-0.3, -0.25) is 0 Å². The number of hydrogen-bond acceptors (Lipinski definition) is 3. The molecule has 1 amide bonds. The largest absolute Gasteiger partial charge is 0.573 e. The Labute approximate surface area is 69.8 Å². The Bertz CT molecular complexity index is 325. The first-order chi connectivity index (χ1) is 5.79. The number of pyridine rings is 1. The number of ether oxygens (including phenoxy) is 1. The predicted octanol–water partition coefficient (Wildman–Crippen LogP) is 1.13. The average Bonchev–Trinajstić information content (AvgIpc) is 2.12. The van der Waals surface area contributed by atoms with Crippen molar-refractivity contribution < 1.29 is 9.53 Å². The van der Waals surface area contributed by atoms with E-state index in [9.17, 15) is 4.79 Å². The van der Waals surface area contributed by atoms with Crippen LogP contribution in [0.4, 0.5) is 10.6 Å². The van der Waals surface area contributed by atoms with Gasteiger partial charge in [-0.1, -0.05) is 0 Å². The fourth-order valence-corrected chi connectivity index (χ4v) is 1.17. The number of amides is 1. The Morgan fingerprint density at radius 2 is 2.50 bits per heavy atom. The first-order valence-corrected chi connectivity index (χ1v) is 3.63. The molecular weight excluding hydrogens is 156 g/mol. The van der Waals surface area contributed by atoms with E-state index in [0.717, 1.165) is 5.56 Å². The standard InChI is InChI=1S/C8H8N2O2/c1-10-7-6(3-2-4-9-7)5-12-8(10)11/h2-4H,5H2,1H3/q+1. The molecule has 0 unspecified atom stereocenters. The Morgan fingerprint density at radius 1 is 1.67 bits per heavy atom. The third kappa shape index (κ3) is 0.967. The third-order valence-corrected chi connectivity index (χ3v) is 1.81. The number of rotatable bonds is 0. The van der Waals surface area contributed by atoms with E-state index in [-0.39, 0.29) is 6.09 Å². The van der Waals surface area contributed by atoms with Crippen LogP contribution in [-0.4, -0.2) is 18.1 Å². The van der Waals surface area contributed by atoms with Gasteiger partial charge in [-0.25, -0.2) is 0 Å². The lowest BCUT2D eigenvalue weighted by molar-refractivity contribution is 0.123. The second-order valence-corrected chi connectivity index (χ2v) is 2.60. The van der Waals surface area contributed by atoms with Gasteiger partial charge in [0.2, 0.25) is 0 Å². The number of carbonyl (C=O) groups is 1. The van der Waals surface area contributed by atoms with Gasteiger partial charge in [0.1, 0.15) is 13.7 Å². The maximum Gasteiger partial charge on any atom is 0.573 e. The first-order valence-electron chi connectivity index (χ1n) is 3.63. The molecule has 1 aromatic heterocycles. The van der Waals surface area contributed by atoms with Gasteiger partial charge in [-0.15, -0.1) is 0 Å². The molecule has 0 saturated heterocycles. The second-order valence-electron chi connectivity index (χ2n) is 2.60. The van der Waals surface area contributed by atoms with Crippen molar-refractivity contribution in [3.05, 3.63) is 23.9 Å². The molecule has 0 aliphatic carbocycles. The number of anilines is 1. The fourth-order valence-electron chi connectivity index (χ4n) is 1.17. The zero-order valence-electron chi connectivity index (χ0n) is 6.65. The molecule has 0 fully saturated rings. The highest BCUT2D eigenvalue weighted by atomic mass is 16.6. The van der Waals surface area contributed by atoms with Crippen molar-refractivity contribution in [2.24, 2.45) is 0 Å². The quantitative estimate of drug-likeness (QED) is 0.540. The molecule has 1 aromatic rings. The Kier molecular flexibility index (Phi) is 1.55. The van der Waals surface area contributed by atoms with Crippen molar-refractivity contribution in [2.75, 3.05) is 7.05 Å². The number of nitrogens with zero attached hydrogens (tertiary/aromatic N) is 2. The van der Waals surface area contributed by atoms with Crippen LogP contribution in [0.1, 0.15) is 5.56 Å². The van der Waals surface area contributed by atoms with E-state index in [0.29, 0.717) is 12.4 Å². The number of cyclic esters (lactones) is 1. The number of fused-ring (bicyclic) bond motifs is 1. The van der Waals surface area contributed by atoms with Crippen molar-refractivity contribution in [3.8, 4) is 0 Å². The minimum absolute atomic E-state index is 0.326. The molecule has 1 radical (unpaired) electrons. The lowest BCUT2D eigenvalue weighted by Crippen LogP contribution is -2.33. The van der Waals surface area contributed by atoms with Gasteiger partial charge >= 0.3 is 6.09 Å². The molecular formula is C8H8N2O2+. The van der Waals surface area contributed by atoms with E-state index >= 15 is 0 Å². The SMILES string of the molecule is C[N+]1C(=O)OCc2cccnc21. The van der Waals surface area contributed by atoms with Gasteiger partial charge < -0.3 is 4.74 Å². The van der Waals surface area contributed by atoms with Crippen molar-refractivity contribution in [3.63, 3.8) is 0 Å². The lowest BCUT2D eigenvalue weighted by Gasteiger charge is -2.12. The summed E-state index contributed by atoms with van der Waals surface area (Å²) >= 11 is 0. The summed E-state index contributed by atoms with van der Waals surface area (Å²) in [6.45, 7) is 0.326. The van der Waals surface area contributed by atoms with Gasteiger partial charge in [-0.2, -0.15) is 9.78 Å². The average molecular weight is 164 g/mol. The molecule has 1 aliphatic heterocycles. The van der Waals surface area contributed by atoms with Crippen LogP contribution >= 0.6 is 0 Å². The molecule has 4 heteroatoms. The van der Waals surface area contributed by atoms with Crippen LogP contribution in [0.3, 0.4) is 0 Å². The Balaban J connectivity index is 2.48. The summed E-state index contributed by atoms with van der Waals surface area (Å²) in [7, 11) is 1.65. The van der Waals surface area contributed by atoms with E-state index in [4.69, 9.17) is 4.74 Å². The molecule has 12 heavy (non-hydrogen) atoms. The highest BCUT2D eigenvalue weighted by Gasteiger charge is 2.35. The maximum absolute atomic E-state index is 11.0. The van der Waals surface area contributed by atoms with Crippen molar-refractivity contribution in [1.82, 2.24) is 9.88 Å². The van der Waals surface area contributed by atoms with Crippen molar-refractivity contribution in [2.45, 2.75) is 6.61 Å². The summed E-state index contributed by atoms with van der Waals surface area (Å²) in [5.74, 6) is 0.689. The predicted molar refractivity (Wildman–Crippen MR) is 42.1 cm³/mol. The zero-order valence-corrected chi connectivity index (χ0v) is 6.65. The summed E-state index contributed by atoms with van der Waals surface area (Å²) in [4.78, 5) is 16.5. The van der Waals surface area contributed by atoms with Crippen LogP contribution in [-0.2, 0) is 11.3 Å². The zero-order chi connectivity index (χ0) is 8.55. The number of hydrogen-bond donors (Lipinski definition) is 0. The monoisotopic (exact) mass is 164 g/mol. The second kappa shape index (κ2) is 2.57. The van der Waals surface area contributed by atoms with E-state index < -0.39 is 0 Å². The van der Waals surface area contributed by atoms with Gasteiger partial charge in [0.25, 0.3) is 5.82 Å². The molecule has 2 heterocycles. The lowest BCUT2D eigenvalue weighted by atomic mass is 10.2. The molecule has 0 aromatic carbocycles. The van der Waals surface area contributed by atoms with E-state index in [1.807, 2.05) is 12.1 Å². The molecule has 2 rings (SSSR count). The summed E-state index contributed by atoms with van der Waals surface area (Å²) < 4.78 is 4.86. The molecule has 0 atom stereocenters. The molecule has 0 N–H and O–H groups in total. The molecule has 4 nitrogen and oxygen atoms in total. The van der Waals surface area contributed by atoms with Gasteiger partial charge in [0.15, 0.2) is 0 Å². The summed E-state index contributed by atoms with van der Waals surface area (Å²) in [6.07, 6.45) is 1.31. The van der Waals surface area contributed by atoms with Gasteiger partial charge in [0.05, 0.1) is 5.56 Å². The van der Waals surface area contributed by atoms with Crippen molar-refractivity contribution >= 4 is 11.9 Å². The van der Waals surface area contributed by atoms with E-state index in [1.165, 1.54) is 4.90 Å². The van der Waals surface area contributed by atoms with Crippen LogP contribution in [0.5, 0.6) is 0 Å². The van der Waals surface area contributed by atoms with E-state index in [2.05, 4.69) is 4.98 Å². The maximum atomic E-state index is 11.0. The summed E-state index contributed by atoms with van der Waals surface area (Å²) in [6, 6.07) is 3.72. The molecule has 61 valence electrons. The van der Waals surface area contributed by atoms with Gasteiger partial charge in [0, 0.05) is 6.20 Å². The molecule has 0 spiro atoms. The molecule has 0 bridgehead atoms. The Hall–Kier alpha value is -1.42. The molecule has 1 aliphatic rings. The highest BCUT2D eigenvalue weighted by Crippen LogP contribution is 2.21. The minimum Gasteiger partial charge on any atom is -0.411 e. The topological polar surface area (TPSA) is 45.1 Å². The smallest absolute Gasteiger partial charge is 0.411 e. The molecule has 0 saturated carbocycles. The fraction of sp³-hybridized carbons (Fsp3) is 0.250. The summed E-state index contributed by atoms with van der Waals surface area (Å²) in [5.41, 5.74) is 0.944. The third-order valence-electron chi connectivity index (χ3n) is 1.81. The minimum atomic E-state index is -0.346. The van der Waals surface area contributed by atoms with Gasteiger partial charge in [-0.05, 0) is 17.0 Å². The number of aromatic nitrogens is 1.